The maximum atomic E-state index is 12.4. The minimum atomic E-state index is -0.390. The molecule has 0 unspecified atom stereocenters. The Labute approximate surface area is 111 Å². The van der Waals surface area contributed by atoms with E-state index in [4.69, 9.17) is 9.47 Å². The highest BCUT2D eigenvalue weighted by atomic mass is 16.6. The normalized spacial score (nSPS) is 20.9. The zero-order chi connectivity index (χ0) is 13.2. The van der Waals surface area contributed by atoms with E-state index in [9.17, 15) is 4.79 Å². The third-order valence-corrected chi connectivity index (χ3v) is 3.25. The number of carbonyl (C=O) groups is 1. The van der Waals surface area contributed by atoms with Gasteiger partial charge in [-0.15, -0.1) is 0 Å². The van der Waals surface area contributed by atoms with Gasteiger partial charge in [-0.05, 0) is 17.7 Å². The van der Waals surface area contributed by atoms with E-state index in [0.29, 0.717) is 11.3 Å². The van der Waals surface area contributed by atoms with Crippen LogP contribution in [0.3, 0.4) is 0 Å². The van der Waals surface area contributed by atoms with Crippen LogP contribution in [0.2, 0.25) is 0 Å². The number of hydrogen-bond donors (Lipinski definition) is 0. The van der Waals surface area contributed by atoms with Crippen LogP contribution in [0, 0.1) is 0 Å². The van der Waals surface area contributed by atoms with Crippen molar-refractivity contribution in [1.82, 2.24) is 0 Å². The lowest BCUT2D eigenvalue weighted by Crippen LogP contribution is -2.09. The highest BCUT2D eigenvalue weighted by Crippen LogP contribution is 2.41. The fraction of sp³-hybridized carbons (Fsp3) is 0.188. The SMILES string of the molecule is COc1ccccc1C(=O)[C@@H]1O[C@H]1c1ccccc1. The van der Waals surface area contributed by atoms with Gasteiger partial charge in [-0.3, -0.25) is 4.79 Å². The van der Waals surface area contributed by atoms with E-state index in [-0.39, 0.29) is 11.9 Å². The van der Waals surface area contributed by atoms with E-state index in [1.165, 1.54) is 0 Å². The molecule has 0 saturated carbocycles. The van der Waals surface area contributed by atoms with Crippen LogP contribution in [-0.2, 0) is 4.74 Å². The van der Waals surface area contributed by atoms with Gasteiger partial charge in [0.05, 0.1) is 12.7 Å². The molecule has 0 amide bonds. The molecule has 0 N–H and O–H groups in total. The zero-order valence-electron chi connectivity index (χ0n) is 10.6. The van der Waals surface area contributed by atoms with E-state index in [1.807, 2.05) is 42.5 Å². The Bertz CT molecular complexity index is 592. The second kappa shape index (κ2) is 4.86. The van der Waals surface area contributed by atoms with Gasteiger partial charge in [-0.25, -0.2) is 0 Å². The molecular formula is C16H14O3. The zero-order valence-corrected chi connectivity index (χ0v) is 10.6. The molecule has 96 valence electrons. The molecule has 1 aliphatic rings. The van der Waals surface area contributed by atoms with Crippen LogP contribution >= 0.6 is 0 Å². The number of para-hydroxylation sites is 1. The van der Waals surface area contributed by atoms with Gasteiger partial charge in [0.15, 0.2) is 11.9 Å². The molecule has 1 heterocycles. The Kier molecular flexibility index (Phi) is 3.05. The van der Waals surface area contributed by atoms with E-state index in [1.54, 1.807) is 19.2 Å². The van der Waals surface area contributed by atoms with E-state index >= 15 is 0 Å². The van der Waals surface area contributed by atoms with Crippen LogP contribution in [-0.4, -0.2) is 19.0 Å². The van der Waals surface area contributed by atoms with Gasteiger partial charge >= 0.3 is 0 Å². The lowest BCUT2D eigenvalue weighted by atomic mass is 10.0. The van der Waals surface area contributed by atoms with Crippen molar-refractivity contribution >= 4 is 5.78 Å². The standard InChI is InChI=1S/C16H14O3/c1-18-13-10-6-5-9-12(13)14(17)16-15(19-16)11-7-3-2-4-8-11/h2-10,15-16H,1H3/t15-,16-/m0/s1. The van der Waals surface area contributed by atoms with Crippen LogP contribution in [0.25, 0.3) is 0 Å². The third-order valence-electron chi connectivity index (χ3n) is 3.25. The predicted molar refractivity (Wildman–Crippen MR) is 71.4 cm³/mol. The van der Waals surface area contributed by atoms with Crippen molar-refractivity contribution in [3.63, 3.8) is 0 Å². The molecule has 2 aromatic carbocycles. The Morgan fingerprint density at radius 3 is 2.47 bits per heavy atom. The number of hydrogen-bond acceptors (Lipinski definition) is 3. The van der Waals surface area contributed by atoms with Gasteiger partial charge < -0.3 is 9.47 Å². The number of ether oxygens (including phenoxy) is 2. The van der Waals surface area contributed by atoms with Gasteiger partial charge in [-0.2, -0.15) is 0 Å². The van der Waals surface area contributed by atoms with Crippen molar-refractivity contribution in [1.29, 1.82) is 0 Å². The first-order valence-electron chi connectivity index (χ1n) is 6.19. The molecule has 3 rings (SSSR count). The molecule has 2 atom stereocenters. The minimum absolute atomic E-state index is 0.0219. The van der Waals surface area contributed by atoms with Crippen molar-refractivity contribution in [3.8, 4) is 5.75 Å². The summed E-state index contributed by atoms with van der Waals surface area (Å²) in [7, 11) is 1.56. The fourth-order valence-electron chi connectivity index (χ4n) is 2.21. The van der Waals surface area contributed by atoms with Gasteiger partial charge in [-0.1, -0.05) is 42.5 Å². The Morgan fingerprint density at radius 2 is 1.74 bits per heavy atom. The minimum Gasteiger partial charge on any atom is -0.496 e. The molecule has 1 saturated heterocycles. The maximum Gasteiger partial charge on any atom is 0.198 e. The molecule has 3 heteroatoms. The summed E-state index contributed by atoms with van der Waals surface area (Å²) >= 11 is 0. The van der Waals surface area contributed by atoms with Gasteiger partial charge in [0.2, 0.25) is 0 Å². The summed E-state index contributed by atoms with van der Waals surface area (Å²) in [5.41, 5.74) is 1.61. The van der Waals surface area contributed by atoms with Crippen LogP contribution in [0.1, 0.15) is 22.0 Å². The summed E-state index contributed by atoms with van der Waals surface area (Å²) in [6.45, 7) is 0. The van der Waals surface area contributed by atoms with Crippen molar-refractivity contribution < 1.29 is 14.3 Å². The average Bonchev–Trinajstić information content (AvgIpc) is 3.28. The van der Waals surface area contributed by atoms with Crippen LogP contribution < -0.4 is 4.74 Å². The first kappa shape index (κ1) is 11.9. The van der Waals surface area contributed by atoms with Crippen LogP contribution in [0.5, 0.6) is 5.75 Å². The van der Waals surface area contributed by atoms with Crippen LogP contribution in [0.4, 0.5) is 0 Å². The smallest absolute Gasteiger partial charge is 0.198 e. The number of benzene rings is 2. The highest BCUT2D eigenvalue weighted by molar-refractivity contribution is 6.03. The Balaban J connectivity index is 1.80. The predicted octanol–water partition coefficient (Wildman–Crippen LogP) is 3.02. The molecule has 0 bridgehead atoms. The van der Waals surface area contributed by atoms with Gasteiger partial charge in [0, 0.05) is 0 Å². The lowest BCUT2D eigenvalue weighted by molar-refractivity contribution is 0.0950. The second-order valence-electron chi connectivity index (χ2n) is 4.45. The fourth-order valence-corrected chi connectivity index (χ4v) is 2.21. The number of methoxy groups -OCH3 is 1. The number of carbonyl (C=O) groups excluding carboxylic acids is 1. The number of ketones is 1. The molecule has 0 aromatic heterocycles. The highest BCUT2D eigenvalue weighted by Gasteiger charge is 2.46. The van der Waals surface area contributed by atoms with Crippen LogP contribution in [0.15, 0.2) is 54.6 Å². The monoisotopic (exact) mass is 254 g/mol. The summed E-state index contributed by atoms with van der Waals surface area (Å²) in [5.74, 6) is 0.570. The summed E-state index contributed by atoms with van der Waals surface area (Å²) in [6, 6.07) is 17.0. The molecular weight excluding hydrogens is 240 g/mol. The molecule has 2 aromatic rings. The largest absolute Gasteiger partial charge is 0.496 e. The van der Waals surface area contributed by atoms with Crippen molar-refractivity contribution in [2.24, 2.45) is 0 Å². The van der Waals surface area contributed by atoms with E-state index in [0.717, 1.165) is 5.56 Å². The first-order valence-corrected chi connectivity index (χ1v) is 6.19. The van der Waals surface area contributed by atoms with Crippen molar-refractivity contribution in [2.75, 3.05) is 7.11 Å². The van der Waals surface area contributed by atoms with E-state index < -0.39 is 6.10 Å². The third kappa shape index (κ3) is 2.25. The molecule has 3 nitrogen and oxygen atoms in total. The number of epoxide rings is 1. The molecule has 0 radical (unpaired) electrons. The topological polar surface area (TPSA) is 38.8 Å². The molecule has 1 aliphatic heterocycles. The maximum absolute atomic E-state index is 12.4. The molecule has 0 aliphatic carbocycles. The number of Topliss-reactive ketones (excluding diaryl/α,β-unsaturated/α-hetero) is 1. The van der Waals surface area contributed by atoms with Crippen molar-refractivity contribution in [2.45, 2.75) is 12.2 Å². The molecule has 1 fully saturated rings. The quantitative estimate of drug-likeness (QED) is 0.622. The van der Waals surface area contributed by atoms with E-state index in [2.05, 4.69) is 0 Å². The van der Waals surface area contributed by atoms with Gasteiger partial charge in [0.1, 0.15) is 11.9 Å². The molecule has 0 spiro atoms. The van der Waals surface area contributed by atoms with Crippen molar-refractivity contribution in [3.05, 3.63) is 65.7 Å². The van der Waals surface area contributed by atoms with Gasteiger partial charge in [0.25, 0.3) is 0 Å². The summed E-state index contributed by atoms with van der Waals surface area (Å²) < 4.78 is 10.7. The average molecular weight is 254 g/mol. The summed E-state index contributed by atoms with van der Waals surface area (Å²) in [5, 5.41) is 0. The first-order chi connectivity index (χ1) is 9.31. The Morgan fingerprint density at radius 1 is 1.05 bits per heavy atom. The summed E-state index contributed by atoms with van der Waals surface area (Å²) in [6.07, 6.45) is -0.516. The lowest BCUT2D eigenvalue weighted by Gasteiger charge is -2.05. The molecule has 19 heavy (non-hydrogen) atoms. The second-order valence-corrected chi connectivity index (χ2v) is 4.45. The Hall–Kier alpha value is -2.13. The number of rotatable bonds is 4. The summed E-state index contributed by atoms with van der Waals surface area (Å²) in [4.78, 5) is 12.4.